The average molecular weight is 655 g/mol. The van der Waals surface area contributed by atoms with Crippen molar-refractivity contribution in [2.75, 3.05) is 11.9 Å². The second-order valence-corrected chi connectivity index (χ2v) is 12.1. The Bertz CT molecular complexity index is 1420. The minimum atomic E-state index is -4.57. The molecule has 0 aliphatic heterocycles. The summed E-state index contributed by atoms with van der Waals surface area (Å²) < 4.78 is 63.6. The third kappa shape index (κ3) is 8.66. The lowest BCUT2D eigenvalue weighted by Gasteiger charge is -2.11. The monoisotopic (exact) mass is 653 g/mol. The maximum Gasteiger partial charge on any atom is 0.417 e. The Morgan fingerprint density at radius 1 is 1.13 bits per heavy atom. The van der Waals surface area contributed by atoms with Crippen LogP contribution in [0, 0.1) is 0 Å². The fourth-order valence-electron chi connectivity index (χ4n) is 2.91. The molecule has 0 aliphatic rings. The standard InChI is InChI=1S/C22H20BrClF3N5O4S2/c23-15-4-1-3-13(9-15)21(34)30-12-16-6-7-19(37-16)38(35,36)32-31-18(33)5-2-8-28-20-17(24)10-14(11-29-20)22(25,26)27/h1,3-4,6-7,9-11,32H,2,5,8,12H2,(H,28,29)(H,30,34)(H,31,33). The number of nitrogens with zero attached hydrogens (tertiary/aromatic N) is 1. The number of carbonyl (C=O) groups is 2. The molecule has 0 saturated carbocycles. The van der Waals surface area contributed by atoms with E-state index >= 15 is 0 Å². The smallest absolute Gasteiger partial charge is 0.369 e. The summed E-state index contributed by atoms with van der Waals surface area (Å²) >= 11 is 10.0. The van der Waals surface area contributed by atoms with Crippen LogP contribution in [-0.4, -0.2) is 31.8 Å². The lowest BCUT2D eigenvalue weighted by Crippen LogP contribution is -2.41. The lowest BCUT2D eigenvalue weighted by molar-refractivity contribution is -0.137. The highest BCUT2D eigenvalue weighted by Gasteiger charge is 2.31. The Labute approximate surface area is 233 Å². The molecule has 4 N–H and O–H groups in total. The molecule has 0 saturated heterocycles. The predicted molar refractivity (Wildman–Crippen MR) is 140 cm³/mol. The number of benzene rings is 1. The molecule has 2 aromatic heterocycles. The number of carbonyl (C=O) groups excluding carboxylic acids is 2. The summed E-state index contributed by atoms with van der Waals surface area (Å²) in [6.45, 7) is 0.265. The summed E-state index contributed by atoms with van der Waals surface area (Å²) in [6.07, 6.45) is -3.80. The first-order valence-electron chi connectivity index (χ1n) is 10.7. The highest BCUT2D eigenvalue weighted by molar-refractivity contribution is 9.10. The fraction of sp³-hybridized carbons (Fsp3) is 0.227. The first-order chi connectivity index (χ1) is 17.8. The van der Waals surface area contributed by atoms with Gasteiger partial charge < -0.3 is 10.6 Å². The van der Waals surface area contributed by atoms with Gasteiger partial charge in [-0.15, -0.1) is 16.2 Å². The van der Waals surface area contributed by atoms with E-state index in [0.29, 0.717) is 16.6 Å². The molecule has 0 aliphatic carbocycles. The van der Waals surface area contributed by atoms with Crippen LogP contribution in [0.15, 0.2) is 57.3 Å². The second-order valence-electron chi connectivity index (χ2n) is 7.65. The Morgan fingerprint density at radius 3 is 2.58 bits per heavy atom. The van der Waals surface area contributed by atoms with Crippen molar-refractivity contribution in [2.24, 2.45) is 0 Å². The summed E-state index contributed by atoms with van der Waals surface area (Å²) in [7, 11) is -4.04. The topological polar surface area (TPSA) is 129 Å². The molecule has 3 aromatic rings. The number of hydrogen-bond acceptors (Lipinski definition) is 7. The number of hydrazine groups is 1. The van der Waals surface area contributed by atoms with Gasteiger partial charge in [0.15, 0.2) is 0 Å². The molecule has 0 radical (unpaired) electrons. The van der Waals surface area contributed by atoms with Crippen LogP contribution in [0.4, 0.5) is 19.0 Å². The zero-order chi connectivity index (χ0) is 27.9. The predicted octanol–water partition coefficient (Wildman–Crippen LogP) is 4.71. The largest absolute Gasteiger partial charge is 0.417 e. The molecule has 2 heterocycles. The van der Waals surface area contributed by atoms with Gasteiger partial charge in [-0.3, -0.25) is 15.0 Å². The minimum absolute atomic E-state index is 0.0297. The van der Waals surface area contributed by atoms with Gasteiger partial charge in [-0.25, -0.2) is 13.4 Å². The van der Waals surface area contributed by atoms with Crippen LogP contribution in [0.25, 0.3) is 0 Å². The summed E-state index contributed by atoms with van der Waals surface area (Å²) in [4.78, 5) is 30.5. The van der Waals surface area contributed by atoms with Crippen LogP contribution in [0.3, 0.4) is 0 Å². The molecule has 0 atom stereocenters. The van der Waals surface area contributed by atoms with Crippen LogP contribution >= 0.6 is 38.9 Å². The average Bonchev–Trinajstić information content (AvgIpc) is 3.34. The SMILES string of the molecule is O=C(CCCNc1ncc(C(F)(F)F)cc1Cl)NNS(=O)(=O)c1ccc(CNC(=O)c2cccc(Br)c2)s1. The number of sulfonamides is 1. The van der Waals surface area contributed by atoms with E-state index in [1.165, 1.54) is 6.07 Å². The van der Waals surface area contributed by atoms with Crippen LogP contribution in [0.1, 0.15) is 33.6 Å². The second kappa shape index (κ2) is 12.9. The number of anilines is 1. The van der Waals surface area contributed by atoms with Gasteiger partial charge in [-0.1, -0.05) is 33.6 Å². The Hall–Kier alpha value is -2.72. The van der Waals surface area contributed by atoms with Gasteiger partial charge in [0.2, 0.25) is 5.91 Å². The lowest BCUT2D eigenvalue weighted by atomic mass is 10.2. The van der Waals surface area contributed by atoms with Gasteiger partial charge in [0.1, 0.15) is 10.0 Å². The van der Waals surface area contributed by atoms with Gasteiger partial charge in [0.05, 0.1) is 17.1 Å². The van der Waals surface area contributed by atoms with Gasteiger partial charge in [0, 0.05) is 34.1 Å². The number of halogens is 5. The van der Waals surface area contributed by atoms with E-state index < -0.39 is 27.7 Å². The summed E-state index contributed by atoms with van der Waals surface area (Å²) in [5.41, 5.74) is 1.57. The third-order valence-electron chi connectivity index (χ3n) is 4.78. The molecule has 2 amide bonds. The number of aromatic nitrogens is 1. The van der Waals surface area contributed by atoms with E-state index in [9.17, 15) is 31.2 Å². The van der Waals surface area contributed by atoms with E-state index in [1.54, 1.807) is 30.3 Å². The van der Waals surface area contributed by atoms with Crippen LogP contribution in [0.5, 0.6) is 0 Å². The van der Waals surface area contributed by atoms with Gasteiger partial charge >= 0.3 is 6.18 Å². The van der Waals surface area contributed by atoms with E-state index in [2.05, 4.69) is 37.0 Å². The van der Waals surface area contributed by atoms with Gasteiger partial charge in [-0.2, -0.15) is 13.2 Å². The molecule has 9 nitrogen and oxygen atoms in total. The van der Waals surface area contributed by atoms with E-state index in [0.717, 1.165) is 21.9 Å². The zero-order valence-corrected chi connectivity index (χ0v) is 23.2. The quantitative estimate of drug-likeness (QED) is 0.175. The molecule has 0 spiro atoms. The molecule has 0 fully saturated rings. The first-order valence-corrected chi connectivity index (χ1v) is 14.2. The maximum absolute atomic E-state index is 12.7. The molecule has 0 bridgehead atoms. The molecule has 0 unspecified atom stereocenters. The third-order valence-corrected chi connectivity index (χ3v) is 8.38. The highest BCUT2D eigenvalue weighted by Crippen LogP contribution is 2.32. The Kier molecular flexibility index (Phi) is 10.1. The van der Waals surface area contributed by atoms with Crippen LogP contribution < -0.4 is 20.9 Å². The van der Waals surface area contributed by atoms with Gasteiger partial charge in [-0.05, 0) is 42.8 Å². The maximum atomic E-state index is 12.7. The number of amides is 2. The fourth-order valence-corrected chi connectivity index (χ4v) is 5.70. The Morgan fingerprint density at radius 2 is 1.89 bits per heavy atom. The minimum Gasteiger partial charge on any atom is -0.369 e. The first kappa shape index (κ1) is 29.8. The molecule has 1 aromatic carbocycles. The number of nitrogens with one attached hydrogen (secondary N) is 4. The van der Waals surface area contributed by atoms with Crippen molar-refractivity contribution < 1.29 is 31.2 Å². The number of alkyl halides is 3. The van der Waals surface area contributed by atoms with E-state index in [4.69, 9.17) is 11.6 Å². The number of thiophene rings is 1. The Balaban J connectivity index is 1.41. The summed E-state index contributed by atoms with van der Waals surface area (Å²) in [5, 5.41) is 5.21. The van der Waals surface area contributed by atoms with Crippen molar-refractivity contribution in [3.8, 4) is 0 Å². The van der Waals surface area contributed by atoms with E-state index in [-0.39, 0.29) is 46.9 Å². The van der Waals surface area contributed by atoms with Crippen molar-refractivity contribution in [3.63, 3.8) is 0 Å². The zero-order valence-electron chi connectivity index (χ0n) is 19.2. The molecular formula is C22H20BrClF3N5O4S2. The van der Waals surface area contributed by atoms with E-state index in [1.807, 2.05) is 4.83 Å². The van der Waals surface area contributed by atoms with Crippen molar-refractivity contribution in [1.29, 1.82) is 0 Å². The van der Waals surface area contributed by atoms with Crippen LogP contribution in [0.2, 0.25) is 5.02 Å². The van der Waals surface area contributed by atoms with Crippen molar-refractivity contribution in [2.45, 2.75) is 29.8 Å². The molecule has 3 rings (SSSR count). The molecule has 38 heavy (non-hydrogen) atoms. The molecular weight excluding hydrogens is 635 g/mol. The van der Waals surface area contributed by atoms with Crippen molar-refractivity contribution in [3.05, 3.63) is 74.2 Å². The number of rotatable bonds is 11. The van der Waals surface area contributed by atoms with Gasteiger partial charge in [0.25, 0.3) is 15.9 Å². The van der Waals surface area contributed by atoms with Crippen molar-refractivity contribution in [1.82, 2.24) is 20.6 Å². The van der Waals surface area contributed by atoms with Crippen LogP contribution in [-0.2, 0) is 27.5 Å². The number of pyridine rings is 1. The summed E-state index contributed by atoms with van der Waals surface area (Å²) in [6, 6.07) is 10.4. The number of hydrogen-bond donors (Lipinski definition) is 4. The summed E-state index contributed by atoms with van der Waals surface area (Å²) in [5.74, 6) is -0.914. The van der Waals surface area contributed by atoms with Crippen molar-refractivity contribution >= 4 is 66.5 Å². The molecule has 204 valence electrons. The molecule has 16 heteroatoms. The normalized spacial score (nSPS) is 11.7. The highest BCUT2D eigenvalue weighted by atomic mass is 79.9.